The highest BCUT2D eigenvalue weighted by Gasteiger charge is 2.39. The Kier molecular flexibility index (Phi) is 8.20. The van der Waals surface area contributed by atoms with Gasteiger partial charge in [0.25, 0.3) is 11.8 Å². The first kappa shape index (κ1) is 29.5. The van der Waals surface area contributed by atoms with E-state index in [1.807, 2.05) is 26.0 Å². The summed E-state index contributed by atoms with van der Waals surface area (Å²) in [6.45, 7) is 10.5. The first-order valence-electron chi connectivity index (χ1n) is 15.4. The first-order valence-corrected chi connectivity index (χ1v) is 15.4. The number of ether oxygens (including phenoxy) is 1. The largest absolute Gasteiger partial charge is 0.448 e. The Balaban J connectivity index is 1.15. The van der Waals surface area contributed by atoms with E-state index in [0.29, 0.717) is 49.2 Å². The molecule has 3 aromatic rings. The molecule has 2 N–H and O–H groups in total. The zero-order valence-electron chi connectivity index (χ0n) is 25.6. The number of aryl methyl sites for hydroxylation is 1. The molecule has 2 aromatic carbocycles. The normalized spacial score (nSPS) is 17.9. The van der Waals surface area contributed by atoms with Crippen molar-refractivity contribution in [1.82, 2.24) is 15.2 Å². The fourth-order valence-corrected chi connectivity index (χ4v) is 5.83. The van der Waals surface area contributed by atoms with Crippen molar-refractivity contribution in [2.45, 2.75) is 51.5 Å². The molecule has 2 aliphatic heterocycles. The van der Waals surface area contributed by atoms with Crippen LogP contribution in [0, 0.1) is 6.92 Å². The van der Waals surface area contributed by atoms with Crippen LogP contribution in [0.2, 0.25) is 0 Å². The van der Waals surface area contributed by atoms with E-state index in [1.54, 1.807) is 17.0 Å². The van der Waals surface area contributed by atoms with E-state index in [9.17, 15) is 14.4 Å². The lowest BCUT2D eigenvalue weighted by Crippen LogP contribution is -2.47. The maximum absolute atomic E-state index is 13.3. The lowest BCUT2D eigenvalue weighted by Gasteiger charge is -2.38. The topological polar surface area (TPSA) is 120 Å². The summed E-state index contributed by atoms with van der Waals surface area (Å²) in [7, 11) is 0. The second-order valence-electron chi connectivity index (χ2n) is 12.4. The number of hydrogen-bond acceptors (Lipinski definition) is 8. The number of carbonyl (C=O) groups excluding carboxylic acids is 3. The lowest BCUT2D eigenvalue weighted by atomic mass is 10.1. The number of aromatic nitrogens is 1. The molecule has 6 rings (SSSR count). The summed E-state index contributed by atoms with van der Waals surface area (Å²) in [5.74, 6) is 0.266. The number of rotatable bonds is 10. The fourth-order valence-electron chi connectivity index (χ4n) is 5.83. The first-order chi connectivity index (χ1) is 21.2. The molecule has 1 aromatic heterocycles. The molecule has 2 saturated heterocycles. The van der Waals surface area contributed by atoms with Gasteiger partial charge in [-0.15, -0.1) is 0 Å². The summed E-state index contributed by atoms with van der Waals surface area (Å²) in [6, 6.07) is 13.8. The van der Waals surface area contributed by atoms with E-state index in [4.69, 9.17) is 9.15 Å². The van der Waals surface area contributed by atoms with E-state index in [2.05, 4.69) is 50.5 Å². The molecule has 11 heteroatoms. The molecule has 0 unspecified atom stereocenters. The Labute approximate surface area is 257 Å². The Hall–Kier alpha value is -4.54. The van der Waals surface area contributed by atoms with Gasteiger partial charge in [0.2, 0.25) is 0 Å². The number of hydrogen-bond donors (Lipinski definition) is 2. The molecule has 3 heterocycles. The van der Waals surface area contributed by atoms with Crippen LogP contribution in [0.4, 0.5) is 21.9 Å². The van der Waals surface area contributed by atoms with Crippen molar-refractivity contribution >= 4 is 35.0 Å². The van der Waals surface area contributed by atoms with Gasteiger partial charge in [-0.25, -0.2) is 9.78 Å². The number of para-hydroxylation sites is 1. The molecule has 0 spiro atoms. The average Bonchev–Trinajstić information content (AvgIpc) is 3.68. The third kappa shape index (κ3) is 6.36. The molecule has 232 valence electrons. The molecule has 1 saturated carbocycles. The third-order valence-corrected chi connectivity index (χ3v) is 8.61. The van der Waals surface area contributed by atoms with Gasteiger partial charge in [-0.2, -0.15) is 0 Å². The second-order valence-corrected chi connectivity index (χ2v) is 12.4. The molecule has 3 aliphatic rings. The maximum Gasteiger partial charge on any atom is 0.410 e. The van der Waals surface area contributed by atoms with Gasteiger partial charge in [-0.3, -0.25) is 14.5 Å². The quantitative estimate of drug-likeness (QED) is 0.319. The van der Waals surface area contributed by atoms with Gasteiger partial charge in [-0.05, 0) is 69.9 Å². The number of oxazole rings is 1. The molecule has 3 fully saturated rings. The highest BCUT2D eigenvalue weighted by molar-refractivity contribution is 6.06. The predicted octanol–water partition coefficient (Wildman–Crippen LogP) is 4.79. The van der Waals surface area contributed by atoms with Crippen LogP contribution >= 0.6 is 0 Å². The van der Waals surface area contributed by atoms with Crippen molar-refractivity contribution in [1.29, 1.82) is 0 Å². The van der Waals surface area contributed by atoms with Gasteiger partial charge in [0.1, 0.15) is 12.9 Å². The number of piperazine rings is 1. The van der Waals surface area contributed by atoms with Crippen LogP contribution in [0.15, 0.2) is 53.1 Å². The van der Waals surface area contributed by atoms with Crippen molar-refractivity contribution in [3.8, 4) is 0 Å². The maximum atomic E-state index is 13.3. The SMILES string of the molecule is Cc1ccccc1N1CCN(c2ccc(C(=O)NCCCN3C(=O)OCC3(C)C)cc2NC(=O)c2coc(C3CC3)n2)CC1. The average molecular weight is 601 g/mol. The van der Waals surface area contributed by atoms with Crippen LogP contribution in [0.5, 0.6) is 0 Å². The second kappa shape index (κ2) is 12.2. The van der Waals surface area contributed by atoms with Crippen LogP contribution in [0.25, 0.3) is 0 Å². The summed E-state index contributed by atoms with van der Waals surface area (Å²) in [6.07, 6.45) is 3.71. The number of amides is 3. The van der Waals surface area contributed by atoms with Gasteiger partial charge in [-0.1, -0.05) is 18.2 Å². The smallest absolute Gasteiger partial charge is 0.410 e. The van der Waals surface area contributed by atoms with Gasteiger partial charge in [0.05, 0.1) is 16.9 Å². The molecule has 0 atom stereocenters. The highest BCUT2D eigenvalue weighted by Crippen LogP contribution is 2.39. The molecule has 11 nitrogen and oxygen atoms in total. The predicted molar refractivity (Wildman–Crippen MR) is 168 cm³/mol. The van der Waals surface area contributed by atoms with Crippen molar-refractivity contribution < 1.29 is 23.5 Å². The van der Waals surface area contributed by atoms with Crippen LogP contribution in [-0.2, 0) is 4.74 Å². The zero-order valence-corrected chi connectivity index (χ0v) is 25.6. The van der Waals surface area contributed by atoms with E-state index in [1.165, 1.54) is 17.5 Å². The van der Waals surface area contributed by atoms with Crippen molar-refractivity contribution in [3.05, 3.63) is 71.4 Å². The fraction of sp³-hybridized carbons (Fsp3) is 0.455. The van der Waals surface area contributed by atoms with Crippen LogP contribution in [-0.4, -0.2) is 79.2 Å². The Bertz CT molecular complexity index is 1540. The van der Waals surface area contributed by atoms with Crippen molar-refractivity contribution in [3.63, 3.8) is 0 Å². The number of nitrogens with zero attached hydrogens (tertiary/aromatic N) is 4. The molecule has 3 amide bonds. The third-order valence-electron chi connectivity index (χ3n) is 8.61. The molecular weight excluding hydrogens is 560 g/mol. The number of nitrogens with one attached hydrogen (secondary N) is 2. The molecule has 0 radical (unpaired) electrons. The van der Waals surface area contributed by atoms with Crippen LogP contribution in [0.1, 0.15) is 71.3 Å². The summed E-state index contributed by atoms with van der Waals surface area (Å²) in [4.78, 5) is 49.2. The van der Waals surface area contributed by atoms with E-state index < -0.39 is 0 Å². The van der Waals surface area contributed by atoms with Crippen molar-refractivity contribution in [2.24, 2.45) is 0 Å². The summed E-state index contributed by atoms with van der Waals surface area (Å²) < 4.78 is 10.7. The number of cyclic esters (lactones) is 1. The van der Waals surface area contributed by atoms with Crippen LogP contribution in [0.3, 0.4) is 0 Å². The summed E-state index contributed by atoms with van der Waals surface area (Å²) in [5, 5.41) is 5.96. The standard InChI is InChI=1S/C33H40N6O5/c1-22-7-4-5-8-27(22)37-15-17-38(18-16-37)28-12-11-24(29(40)34-13-6-14-39-32(42)44-21-33(39,2)3)19-25(28)35-30(41)26-20-43-31(36-26)23-9-10-23/h4-5,7-8,11-12,19-20,23H,6,9-10,13-18,21H2,1-3H3,(H,34,40)(H,35,41). The molecule has 0 bridgehead atoms. The van der Waals surface area contributed by atoms with E-state index in [-0.39, 0.29) is 29.1 Å². The molecule has 44 heavy (non-hydrogen) atoms. The van der Waals surface area contributed by atoms with Crippen molar-refractivity contribution in [2.75, 3.05) is 61.0 Å². The zero-order chi connectivity index (χ0) is 30.8. The Morgan fingerprint density at radius 2 is 1.73 bits per heavy atom. The molecule has 1 aliphatic carbocycles. The number of carbonyl (C=O) groups is 3. The minimum Gasteiger partial charge on any atom is -0.448 e. The number of anilines is 3. The van der Waals surface area contributed by atoms with Gasteiger partial charge >= 0.3 is 6.09 Å². The van der Waals surface area contributed by atoms with Gasteiger partial charge in [0, 0.05) is 56.4 Å². The Morgan fingerprint density at radius 1 is 1.00 bits per heavy atom. The minimum absolute atomic E-state index is 0.223. The summed E-state index contributed by atoms with van der Waals surface area (Å²) >= 11 is 0. The molecular formula is C33H40N6O5. The monoisotopic (exact) mass is 600 g/mol. The number of benzene rings is 2. The highest BCUT2D eigenvalue weighted by atomic mass is 16.6. The summed E-state index contributed by atoms with van der Waals surface area (Å²) in [5.41, 5.74) is 4.16. The van der Waals surface area contributed by atoms with E-state index >= 15 is 0 Å². The van der Waals surface area contributed by atoms with Gasteiger partial charge in [0.15, 0.2) is 11.6 Å². The van der Waals surface area contributed by atoms with Gasteiger partial charge < -0.3 is 29.6 Å². The Morgan fingerprint density at radius 3 is 2.41 bits per heavy atom. The lowest BCUT2D eigenvalue weighted by molar-refractivity contribution is 0.0950. The minimum atomic E-state index is -0.377. The van der Waals surface area contributed by atoms with E-state index in [0.717, 1.165) is 44.7 Å². The van der Waals surface area contributed by atoms with Crippen LogP contribution < -0.4 is 20.4 Å².